The van der Waals surface area contributed by atoms with E-state index in [0.29, 0.717) is 12.6 Å². The number of nitrogens with one attached hydrogen (secondary N) is 2. The minimum atomic E-state index is 0.0834. The lowest BCUT2D eigenvalue weighted by Gasteiger charge is -2.16. The highest BCUT2D eigenvalue weighted by atomic mass is 16.2. The smallest absolute Gasteiger partial charge is 0.240 e. The second-order valence-corrected chi connectivity index (χ2v) is 5.79. The molecule has 2 unspecified atom stereocenters. The van der Waals surface area contributed by atoms with Crippen molar-refractivity contribution < 1.29 is 4.79 Å². The van der Waals surface area contributed by atoms with Crippen molar-refractivity contribution in [1.29, 1.82) is 0 Å². The van der Waals surface area contributed by atoms with E-state index < -0.39 is 0 Å². The molecule has 1 heterocycles. The van der Waals surface area contributed by atoms with Gasteiger partial charge in [-0.25, -0.2) is 0 Å². The molecule has 1 amide bonds. The lowest BCUT2D eigenvalue weighted by Crippen LogP contribution is -2.34. The van der Waals surface area contributed by atoms with E-state index in [1.54, 1.807) is 0 Å². The summed E-state index contributed by atoms with van der Waals surface area (Å²) in [6.07, 6.45) is 8.48. The summed E-state index contributed by atoms with van der Waals surface area (Å²) in [5.41, 5.74) is 1.28. The zero-order valence-corrected chi connectivity index (χ0v) is 14.0. The van der Waals surface area contributed by atoms with Crippen LogP contribution >= 0.6 is 0 Å². The molecule has 0 radical (unpaired) electrons. The molecule has 0 aliphatic rings. The van der Waals surface area contributed by atoms with Gasteiger partial charge in [-0.2, -0.15) is 0 Å². The van der Waals surface area contributed by atoms with Crippen LogP contribution in [0.2, 0.25) is 0 Å². The Labute approximate surface area is 129 Å². The topological polar surface area (TPSA) is 46.1 Å². The summed E-state index contributed by atoms with van der Waals surface area (Å²) < 4.78 is 1.98. The van der Waals surface area contributed by atoms with Crippen molar-refractivity contribution in [1.82, 2.24) is 15.2 Å². The summed E-state index contributed by atoms with van der Waals surface area (Å²) in [7, 11) is 0. The maximum atomic E-state index is 11.9. The number of rotatable bonds is 10. The molecule has 1 aromatic rings. The summed E-state index contributed by atoms with van der Waals surface area (Å²) in [5.74, 6) is 0.0834. The molecule has 0 aliphatic carbocycles. The third-order valence-corrected chi connectivity index (χ3v) is 3.74. The Morgan fingerprint density at radius 1 is 1.29 bits per heavy atom. The van der Waals surface area contributed by atoms with Crippen molar-refractivity contribution in [2.45, 2.75) is 72.0 Å². The van der Waals surface area contributed by atoms with Crippen LogP contribution in [0.1, 0.15) is 65.0 Å². The van der Waals surface area contributed by atoms with Crippen molar-refractivity contribution in [3.05, 3.63) is 24.0 Å². The minimum Gasteiger partial charge on any atom is -0.352 e. The van der Waals surface area contributed by atoms with Gasteiger partial charge >= 0.3 is 0 Å². The van der Waals surface area contributed by atoms with Gasteiger partial charge in [-0.1, -0.05) is 27.2 Å². The predicted molar refractivity (Wildman–Crippen MR) is 88.3 cm³/mol. The van der Waals surface area contributed by atoms with E-state index in [4.69, 9.17) is 0 Å². The molecule has 2 N–H and O–H groups in total. The van der Waals surface area contributed by atoms with Crippen molar-refractivity contribution in [3.63, 3.8) is 0 Å². The lowest BCUT2D eigenvalue weighted by molar-refractivity contribution is -0.122. The molecular formula is C17H31N3O. The zero-order valence-electron chi connectivity index (χ0n) is 14.0. The number of nitrogens with zero attached hydrogens (tertiary/aromatic N) is 1. The Hall–Kier alpha value is -1.29. The van der Waals surface area contributed by atoms with Crippen LogP contribution in [-0.4, -0.2) is 23.1 Å². The van der Waals surface area contributed by atoms with E-state index in [-0.39, 0.29) is 11.9 Å². The summed E-state index contributed by atoms with van der Waals surface area (Å²) >= 11 is 0. The molecule has 0 bridgehead atoms. The molecule has 4 heteroatoms. The first-order valence-corrected chi connectivity index (χ1v) is 8.29. The molecule has 0 aromatic carbocycles. The normalized spacial score (nSPS) is 13.9. The van der Waals surface area contributed by atoms with Gasteiger partial charge < -0.3 is 15.2 Å². The van der Waals surface area contributed by atoms with E-state index in [9.17, 15) is 4.79 Å². The van der Waals surface area contributed by atoms with Crippen LogP contribution in [-0.2, 0) is 11.3 Å². The predicted octanol–water partition coefficient (Wildman–Crippen LogP) is 3.24. The largest absolute Gasteiger partial charge is 0.352 e. The first-order chi connectivity index (χ1) is 10.1. The van der Waals surface area contributed by atoms with Crippen LogP contribution in [0, 0.1) is 0 Å². The Balaban J connectivity index is 2.59. The van der Waals surface area contributed by atoms with Crippen LogP contribution in [0.15, 0.2) is 18.5 Å². The average Bonchev–Trinajstić information content (AvgIpc) is 2.91. The Morgan fingerprint density at radius 3 is 2.67 bits per heavy atom. The van der Waals surface area contributed by atoms with Crippen LogP contribution in [0.4, 0.5) is 0 Å². The highest BCUT2D eigenvalue weighted by Crippen LogP contribution is 2.18. The van der Waals surface area contributed by atoms with Crippen LogP contribution in [0.5, 0.6) is 0 Å². The maximum absolute atomic E-state index is 11.9. The fourth-order valence-corrected chi connectivity index (χ4v) is 2.35. The molecule has 0 saturated carbocycles. The van der Waals surface area contributed by atoms with E-state index in [0.717, 1.165) is 32.2 Å². The van der Waals surface area contributed by atoms with Crippen molar-refractivity contribution >= 4 is 5.91 Å². The molecule has 1 aromatic heterocycles. The standard InChI is InChI=1S/C17H31N3O/c1-5-8-16(18-10-6-2)15-9-11-20(12-15)13-17(21)19-14(4)7-3/h9,11-12,14,16,18H,5-8,10,13H2,1-4H3,(H,19,21). The van der Waals surface area contributed by atoms with Gasteiger partial charge in [-0.15, -0.1) is 0 Å². The highest BCUT2D eigenvalue weighted by molar-refractivity contribution is 5.76. The SMILES string of the molecule is CCCNC(CCC)c1ccn(CC(=O)NC(C)CC)c1. The number of hydrogen-bond acceptors (Lipinski definition) is 2. The number of amides is 1. The third kappa shape index (κ3) is 6.34. The monoisotopic (exact) mass is 293 g/mol. The molecule has 120 valence electrons. The van der Waals surface area contributed by atoms with Crippen molar-refractivity contribution in [3.8, 4) is 0 Å². The van der Waals surface area contributed by atoms with E-state index >= 15 is 0 Å². The van der Waals surface area contributed by atoms with Crippen molar-refractivity contribution in [2.24, 2.45) is 0 Å². The number of carbonyl (C=O) groups is 1. The second kappa shape index (κ2) is 9.61. The summed E-state index contributed by atoms with van der Waals surface area (Å²) in [4.78, 5) is 11.9. The van der Waals surface area contributed by atoms with Gasteiger partial charge in [0.05, 0.1) is 0 Å². The average molecular weight is 293 g/mol. The molecule has 2 atom stereocenters. The molecule has 0 saturated heterocycles. The van der Waals surface area contributed by atoms with Crippen LogP contribution in [0.3, 0.4) is 0 Å². The Kier molecular flexibility index (Phi) is 8.13. The first-order valence-electron chi connectivity index (χ1n) is 8.29. The molecular weight excluding hydrogens is 262 g/mol. The molecule has 0 spiro atoms. The lowest BCUT2D eigenvalue weighted by atomic mass is 10.1. The molecule has 0 aliphatic heterocycles. The molecule has 1 rings (SSSR count). The van der Waals surface area contributed by atoms with Crippen LogP contribution in [0.25, 0.3) is 0 Å². The van der Waals surface area contributed by atoms with Gasteiger partial charge in [-0.3, -0.25) is 4.79 Å². The molecule has 0 fully saturated rings. The van der Waals surface area contributed by atoms with Crippen molar-refractivity contribution in [2.75, 3.05) is 6.54 Å². The van der Waals surface area contributed by atoms with Gasteiger partial charge in [-0.05, 0) is 44.4 Å². The summed E-state index contributed by atoms with van der Waals surface area (Å²) in [6, 6.07) is 2.76. The van der Waals surface area contributed by atoms with Gasteiger partial charge in [0.2, 0.25) is 5.91 Å². The molecule has 4 nitrogen and oxygen atoms in total. The second-order valence-electron chi connectivity index (χ2n) is 5.79. The highest BCUT2D eigenvalue weighted by Gasteiger charge is 2.12. The Bertz CT molecular complexity index is 414. The van der Waals surface area contributed by atoms with Gasteiger partial charge in [0.25, 0.3) is 0 Å². The maximum Gasteiger partial charge on any atom is 0.240 e. The Morgan fingerprint density at radius 2 is 2.05 bits per heavy atom. The van der Waals surface area contributed by atoms with E-state index in [1.807, 2.05) is 17.7 Å². The third-order valence-electron chi connectivity index (χ3n) is 3.74. The summed E-state index contributed by atoms with van der Waals surface area (Å²) in [6.45, 7) is 9.93. The van der Waals surface area contributed by atoms with Gasteiger partial charge in [0.15, 0.2) is 0 Å². The zero-order chi connectivity index (χ0) is 15.7. The minimum absolute atomic E-state index is 0.0834. The van der Waals surface area contributed by atoms with Crippen LogP contribution < -0.4 is 10.6 Å². The summed E-state index contributed by atoms with van der Waals surface area (Å²) in [5, 5.41) is 6.58. The number of aromatic nitrogens is 1. The number of hydrogen-bond donors (Lipinski definition) is 2. The number of carbonyl (C=O) groups excluding carboxylic acids is 1. The van der Waals surface area contributed by atoms with E-state index in [2.05, 4.69) is 43.7 Å². The fourth-order valence-electron chi connectivity index (χ4n) is 2.35. The van der Waals surface area contributed by atoms with E-state index in [1.165, 1.54) is 5.56 Å². The van der Waals surface area contributed by atoms with Gasteiger partial charge in [0.1, 0.15) is 6.54 Å². The fraction of sp³-hybridized carbons (Fsp3) is 0.706. The first kappa shape index (κ1) is 17.8. The molecule has 21 heavy (non-hydrogen) atoms. The quantitative estimate of drug-likeness (QED) is 0.695. The van der Waals surface area contributed by atoms with Gasteiger partial charge in [0, 0.05) is 24.5 Å².